The normalized spacial score (nSPS) is 11.7. The summed E-state index contributed by atoms with van der Waals surface area (Å²) in [5, 5.41) is 23.8. The van der Waals surface area contributed by atoms with E-state index in [1.807, 2.05) is 0 Å². The second kappa shape index (κ2) is 14.2. The SMILES string of the molecule is CC#CCC(CC#Cc1ccccc1/C=[N+](\[O-])[C@@H](C)c1ccc([N+](=O)[O-])cc1)(C(=O)OCC)C(=O)OCC. The Kier molecular flexibility index (Phi) is 11.1. The zero-order valence-electron chi connectivity index (χ0n) is 21.9. The second-order valence-corrected chi connectivity index (χ2v) is 8.21. The van der Waals surface area contributed by atoms with Gasteiger partial charge in [0.05, 0.1) is 23.7 Å². The fourth-order valence-electron chi connectivity index (χ4n) is 3.50. The third-order valence-corrected chi connectivity index (χ3v) is 5.71. The first kappa shape index (κ1) is 29.6. The largest absolute Gasteiger partial charge is 0.623 e. The van der Waals surface area contributed by atoms with Gasteiger partial charge in [-0.2, -0.15) is 0 Å². The van der Waals surface area contributed by atoms with Crippen LogP contribution in [0.25, 0.3) is 0 Å². The van der Waals surface area contributed by atoms with E-state index in [2.05, 4.69) is 23.7 Å². The van der Waals surface area contributed by atoms with Crippen LogP contribution in [0.2, 0.25) is 0 Å². The predicted octanol–water partition coefficient (Wildman–Crippen LogP) is 4.55. The molecule has 0 spiro atoms. The molecule has 0 aliphatic heterocycles. The van der Waals surface area contributed by atoms with Crippen LogP contribution in [-0.2, 0) is 19.1 Å². The molecule has 0 aliphatic carbocycles. The van der Waals surface area contributed by atoms with E-state index in [4.69, 9.17) is 9.47 Å². The number of esters is 2. The number of non-ortho nitro benzene ring substituents is 1. The minimum absolute atomic E-state index is 0.0605. The van der Waals surface area contributed by atoms with Crippen LogP contribution in [-0.4, -0.2) is 41.0 Å². The van der Waals surface area contributed by atoms with E-state index in [0.29, 0.717) is 16.7 Å². The number of nitro groups is 1. The van der Waals surface area contributed by atoms with Gasteiger partial charge in [0.25, 0.3) is 5.69 Å². The summed E-state index contributed by atoms with van der Waals surface area (Å²) in [5.74, 6) is 9.83. The van der Waals surface area contributed by atoms with Gasteiger partial charge in [-0.3, -0.25) is 19.7 Å². The summed E-state index contributed by atoms with van der Waals surface area (Å²) < 4.78 is 11.1. The van der Waals surface area contributed by atoms with Crippen molar-refractivity contribution in [3.63, 3.8) is 0 Å². The number of hydrogen-bond acceptors (Lipinski definition) is 7. The second-order valence-electron chi connectivity index (χ2n) is 8.21. The zero-order valence-corrected chi connectivity index (χ0v) is 21.9. The Bertz CT molecular complexity index is 1290. The van der Waals surface area contributed by atoms with Crippen molar-refractivity contribution in [2.45, 2.75) is 46.6 Å². The molecule has 38 heavy (non-hydrogen) atoms. The van der Waals surface area contributed by atoms with Crippen molar-refractivity contribution in [2.75, 3.05) is 13.2 Å². The molecule has 0 N–H and O–H groups in total. The number of benzene rings is 2. The maximum Gasteiger partial charge on any atom is 0.325 e. The van der Waals surface area contributed by atoms with E-state index in [-0.39, 0.29) is 31.7 Å². The van der Waals surface area contributed by atoms with Gasteiger partial charge in [0, 0.05) is 43.0 Å². The summed E-state index contributed by atoms with van der Waals surface area (Å²) in [6, 6.07) is 12.1. The van der Waals surface area contributed by atoms with E-state index in [1.165, 1.54) is 30.5 Å². The van der Waals surface area contributed by atoms with Crippen LogP contribution >= 0.6 is 0 Å². The number of hydroxylamine groups is 1. The molecule has 9 heteroatoms. The highest BCUT2D eigenvalue weighted by atomic mass is 16.6. The Hall–Kier alpha value is -4.63. The fourth-order valence-corrected chi connectivity index (χ4v) is 3.50. The Labute approximate surface area is 222 Å². The third-order valence-electron chi connectivity index (χ3n) is 5.71. The summed E-state index contributed by atoms with van der Waals surface area (Å²) in [6.45, 7) is 6.73. The lowest BCUT2D eigenvalue weighted by Crippen LogP contribution is -2.41. The van der Waals surface area contributed by atoms with Crippen molar-refractivity contribution in [2.24, 2.45) is 5.41 Å². The highest BCUT2D eigenvalue weighted by Crippen LogP contribution is 2.30. The van der Waals surface area contributed by atoms with Crippen LogP contribution in [0.3, 0.4) is 0 Å². The number of nitrogens with zero attached hydrogens (tertiary/aromatic N) is 2. The lowest BCUT2D eigenvalue weighted by Gasteiger charge is -2.25. The molecule has 0 aliphatic rings. The molecule has 0 saturated carbocycles. The number of hydrogen-bond donors (Lipinski definition) is 0. The molecular formula is C29H30N2O7. The lowest BCUT2D eigenvalue weighted by atomic mass is 9.81. The highest BCUT2D eigenvalue weighted by molar-refractivity contribution is 6.00. The van der Waals surface area contributed by atoms with Gasteiger partial charge in [-0.05, 0) is 45.0 Å². The average Bonchev–Trinajstić information content (AvgIpc) is 2.91. The monoisotopic (exact) mass is 518 g/mol. The van der Waals surface area contributed by atoms with Crippen molar-refractivity contribution in [1.82, 2.24) is 0 Å². The number of ether oxygens (including phenoxy) is 2. The molecule has 0 saturated heterocycles. The van der Waals surface area contributed by atoms with E-state index in [9.17, 15) is 24.9 Å². The van der Waals surface area contributed by atoms with Gasteiger partial charge in [0.15, 0.2) is 17.7 Å². The first-order valence-corrected chi connectivity index (χ1v) is 12.1. The van der Waals surface area contributed by atoms with Crippen LogP contribution in [0.15, 0.2) is 48.5 Å². The summed E-state index contributed by atoms with van der Waals surface area (Å²) >= 11 is 0. The van der Waals surface area contributed by atoms with Crippen molar-refractivity contribution >= 4 is 23.8 Å². The summed E-state index contributed by atoms with van der Waals surface area (Å²) in [6.07, 6.45) is 1.08. The molecule has 0 heterocycles. The molecule has 2 aromatic rings. The Morgan fingerprint density at radius 1 is 0.974 bits per heavy atom. The molecule has 0 radical (unpaired) electrons. The quantitative estimate of drug-likeness (QED) is 0.0661. The third kappa shape index (κ3) is 7.44. The van der Waals surface area contributed by atoms with Crippen molar-refractivity contribution in [1.29, 1.82) is 0 Å². The molecule has 0 fully saturated rings. The fraction of sp³-hybridized carbons (Fsp3) is 0.345. The number of nitro benzene ring substituents is 1. The minimum atomic E-state index is -1.70. The van der Waals surface area contributed by atoms with E-state index in [1.54, 1.807) is 52.0 Å². The summed E-state index contributed by atoms with van der Waals surface area (Å²) in [7, 11) is 0. The van der Waals surface area contributed by atoms with Gasteiger partial charge < -0.3 is 14.7 Å². The molecule has 0 unspecified atom stereocenters. The molecule has 2 aromatic carbocycles. The Balaban J connectivity index is 2.40. The van der Waals surface area contributed by atoms with Gasteiger partial charge >= 0.3 is 11.9 Å². The maximum absolute atomic E-state index is 12.9. The van der Waals surface area contributed by atoms with E-state index in [0.717, 1.165) is 4.74 Å². The number of carbonyl (C=O) groups excluding carboxylic acids is 2. The van der Waals surface area contributed by atoms with Crippen molar-refractivity contribution < 1.29 is 28.7 Å². The molecule has 2 rings (SSSR count). The Morgan fingerprint density at radius 3 is 2.11 bits per heavy atom. The Morgan fingerprint density at radius 2 is 1.55 bits per heavy atom. The molecule has 1 atom stereocenters. The highest BCUT2D eigenvalue weighted by Gasteiger charge is 2.48. The van der Waals surface area contributed by atoms with Crippen LogP contribution in [0, 0.1) is 44.4 Å². The molecule has 198 valence electrons. The standard InChI is InChI=1S/C29H30N2O7/c1-5-8-19-29(27(32)37-6-2,28(33)38-7-3)20-11-14-24-12-9-10-13-25(24)21-30(34)22(4)23-15-17-26(18-16-23)31(35)36/h9-10,12-13,15-18,21-22H,6-7,19-20H2,1-4H3/b30-21-/t22-/m0/s1. The van der Waals surface area contributed by atoms with Crippen LogP contribution in [0.4, 0.5) is 5.69 Å². The van der Waals surface area contributed by atoms with Gasteiger partial charge in [0.1, 0.15) is 0 Å². The molecular weight excluding hydrogens is 488 g/mol. The zero-order chi connectivity index (χ0) is 28.1. The van der Waals surface area contributed by atoms with E-state index < -0.39 is 28.3 Å². The predicted molar refractivity (Wildman–Crippen MR) is 142 cm³/mol. The van der Waals surface area contributed by atoms with Crippen LogP contribution in [0.5, 0.6) is 0 Å². The van der Waals surface area contributed by atoms with E-state index >= 15 is 0 Å². The topological polar surface area (TPSA) is 122 Å². The number of rotatable bonds is 10. The van der Waals surface area contributed by atoms with Gasteiger partial charge in [-0.1, -0.05) is 24.0 Å². The van der Waals surface area contributed by atoms with Crippen molar-refractivity contribution in [3.05, 3.63) is 80.5 Å². The summed E-state index contributed by atoms with van der Waals surface area (Å²) in [5.41, 5.74) is -0.122. The first-order valence-electron chi connectivity index (χ1n) is 12.1. The van der Waals surface area contributed by atoms with Crippen LogP contribution in [0.1, 0.15) is 63.3 Å². The molecule has 0 amide bonds. The smallest absolute Gasteiger partial charge is 0.325 e. The van der Waals surface area contributed by atoms with Gasteiger partial charge in [-0.25, -0.2) is 4.74 Å². The average molecular weight is 519 g/mol. The molecule has 9 nitrogen and oxygen atoms in total. The van der Waals surface area contributed by atoms with Crippen molar-refractivity contribution in [3.8, 4) is 23.7 Å². The van der Waals surface area contributed by atoms with Crippen LogP contribution < -0.4 is 0 Å². The number of carbonyl (C=O) groups is 2. The summed E-state index contributed by atoms with van der Waals surface area (Å²) in [4.78, 5) is 36.1. The molecule has 0 bridgehead atoms. The first-order chi connectivity index (χ1) is 18.2. The minimum Gasteiger partial charge on any atom is -0.623 e. The maximum atomic E-state index is 12.9. The lowest BCUT2D eigenvalue weighted by molar-refractivity contribution is -0.498. The van der Waals surface area contributed by atoms with Gasteiger partial charge in [0.2, 0.25) is 0 Å². The van der Waals surface area contributed by atoms with Gasteiger partial charge in [-0.15, -0.1) is 11.8 Å². The molecule has 0 aromatic heterocycles.